The first-order valence-electron chi connectivity index (χ1n) is 4.59. The van der Waals surface area contributed by atoms with Crippen LogP contribution in [0.1, 0.15) is 23.7 Å². The molecule has 0 aliphatic rings. The molecule has 16 heavy (non-hydrogen) atoms. The Morgan fingerprint density at radius 2 is 2.12 bits per heavy atom. The number of rotatable bonds is 3. The molecule has 0 heterocycles. The maximum atomic E-state index is 11.6. The van der Waals surface area contributed by atoms with E-state index in [9.17, 15) is 4.79 Å². The Hall–Kier alpha value is -0.450. The van der Waals surface area contributed by atoms with E-state index in [4.69, 9.17) is 33.7 Å². The van der Waals surface area contributed by atoms with Gasteiger partial charge in [-0.15, -0.1) is 0 Å². The maximum Gasteiger partial charge on any atom is 0.340 e. The molecule has 1 rings (SSSR count). The number of nitrogens with two attached hydrogens (primary N) is 1. The number of hydrogen-bond donors (Lipinski definition) is 1. The summed E-state index contributed by atoms with van der Waals surface area (Å²) in [5, 5.41) is 0.436. The molecule has 0 spiro atoms. The van der Waals surface area contributed by atoms with E-state index in [0.29, 0.717) is 11.1 Å². The molecule has 0 amide bonds. The third-order valence-electron chi connectivity index (χ3n) is 1.86. The first-order chi connectivity index (χ1) is 7.49. The molecule has 0 atom stereocenters. The summed E-state index contributed by atoms with van der Waals surface area (Å²) >= 11 is 14.9. The lowest BCUT2D eigenvalue weighted by atomic mass is 10.2. The number of nitrogen functional groups attached to an aromatic ring is 1. The van der Waals surface area contributed by atoms with E-state index in [1.807, 2.05) is 6.92 Å². The molecule has 88 valence electrons. The Morgan fingerprint density at radius 3 is 2.69 bits per heavy atom. The van der Waals surface area contributed by atoms with Gasteiger partial charge in [0, 0.05) is 4.47 Å². The molecule has 2 N–H and O–H groups in total. The van der Waals surface area contributed by atoms with Crippen molar-refractivity contribution in [3.05, 3.63) is 26.1 Å². The quantitative estimate of drug-likeness (QED) is 0.520. The number of hydrogen-bond acceptors (Lipinski definition) is 3. The summed E-state index contributed by atoms with van der Waals surface area (Å²) < 4.78 is 5.48. The lowest BCUT2D eigenvalue weighted by Gasteiger charge is -2.09. The van der Waals surface area contributed by atoms with E-state index in [-0.39, 0.29) is 21.3 Å². The minimum atomic E-state index is -0.501. The molecular formula is C10H10BrCl2NO2. The second kappa shape index (κ2) is 5.75. The molecule has 0 saturated heterocycles. The van der Waals surface area contributed by atoms with Crippen LogP contribution in [0.25, 0.3) is 0 Å². The van der Waals surface area contributed by atoms with Crippen molar-refractivity contribution in [2.45, 2.75) is 13.3 Å². The van der Waals surface area contributed by atoms with E-state index in [2.05, 4.69) is 15.9 Å². The van der Waals surface area contributed by atoms with Crippen LogP contribution in [0.5, 0.6) is 0 Å². The number of ether oxygens (including phenoxy) is 1. The Bertz CT molecular complexity index is 424. The van der Waals surface area contributed by atoms with Crippen molar-refractivity contribution in [3.63, 3.8) is 0 Å². The Labute approximate surface area is 112 Å². The van der Waals surface area contributed by atoms with Crippen LogP contribution in [0.3, 0.4) is 0 Å². The minimum absolute atomic E-state index is 0.135. The van der Waals surface area contributed by atoms with E-state index in [1.165, 1.54) is 6.07 Å². The molecular weight excluding hydrogens is 317 g/mol. The molecule has 0 aliphatic heterocycles. The van der Waals surface area contributed by atoms with Gasteiger partial charge in [-0.1, -0.05) is 30.1 Å². The third-order valence-corrected chi connectivity index (χ3v) is 3.59. The molecule has 0 aromatic heterocycles. The summed E-state index contributed by atoms with van der Waals surface area (Å²) in [6.45, 7) is 2.25. The minimum Gasteiger partial charge on any atom is -0.462 e. The number of esters is 1. The van der Waals surface area contributed by atoms with Gasteiger partial charge in [0.15, 0.2) is 0 Å². The highest BCUT2D eigenvalue weighted by molar-refractivity contribution is 9.10. The SMILES string of the molecule is CCCOC(=O)c1cc(Br)c(Cl)c(Cl)c1N. The van der Waals surface area contributed by atoms with Crippen LogP contribution in [0.15, 0.2) is 10.5 Å². The average Bonchev–Trinajstić information content (AvgIpc) is 2.28. The molecule has 0 saturated carbocycles. The summed E-state index contributed by atoms with van der Waals surface area (Å²) in [6.07, 6.45) is 0.744. The molecule has 6 heteroatoms. The summed E-state index contributed by atoms with van der Waals surface area (Å²) in [5.41, 5.74) is 6.04. The highest BCUT2D eigenvalue weighted by Crippen LogP contribution is 2.37. The van der Waals surface area contributed by atoms with Gasteiger partial charge < -0.3 is 10.5 Å². The summed E-state index contributed by atoms with van der Waals surface area (Å²) in [5.74, 6) is -0.501. The van der Waals surface area contributed by atoms with Crippen molar-refractivity contribution in [2.75, 3.05) is 12.3 Å². The van der Waals surface area contributed by atoms with Crippen molar-refractivity contribution >= 4 is 50.8 Å². The van der Waals surface area contributed by atoms with Gasteiger partial charge in [-0.2, -0.15) is 0 Å². The van der Waals surface area contributed by atoms with Gasteiger partial charge in [-0.25, -0.2) is 4.79 Å². The Morgan fingerprint density at radius 1 is 1.50 bits per heavy atom. The smallest absolute Gasteiger partial charge is 0.340 e. The highest BCUT2D eigenvalue weighted by atomic mass is 79.9. The lowest BCUT2D eigenvalue weighted by molar-refractivity contribution is 0.0506. The van der Waals surface area contributed by atoms with Gasteiger partial charge in [0.25, 0.3) is 0 Å². The zero-order valence-electron chi connectivity index (χ0n) is 8.52. The predicted octanol–water partition coefficient (Wildman–Crippen LogP) is 3.90. The van der Waals surface area contributed by atoms with Crippen LogP contribution in [0.4, 0.5) is 5.69 Å². The molecule has 0 aliphatic carbocycles. The lowest BCUT2D eigenvalue weighted by Crippen LogP contribution is -2.09. The fourth-order valence-electron chi connectivity index (χ4n) is 1.05. The van der Waals surface area contributed by atoms with E-state index < -0.39 is 5.97 Å². The largest absolute Gasteiger partial charge is 0.462 e. The van der Waals surface area contributed by atoms with Crippen LogP contribution in [-0.2, 0) is 4.74 Å². The third kappa shape index (κ3) is 2.81. The first-order valence-corrected chi connectivity index (χ1v) is 6.14. The van der Waals surface area contributed by atoms with E-state index in [0.717, 1.165) is 6.42 Å². The van der Waals surface area contributed by atoms with Crippen molar-refractivity contribution in [1.82, 2.24) is 0 Å². The van der Waals surface area contributed by atoms with Crippen molar-refractivity contribution in [3.8, 4) is 0 Å². The Kier molecular flexibility index (Phi) is 4.89. The number of carbonyl (C=O) groups excluding carboxylic acids is 1. The molecule has 0 unspecified atom stereocenters. The molecule has 3 nitrogen and oxygen atoms in total. The second-order valence-electron chi connectivity index (χ2n) is 3.08. The van der Waals surface area contributed by atoms with Crippen molar-refractivity contribution in [2.24, 2.45) is 0 Å². The number of halogens is 3. The van der Waals surface area contributed by atoms with Crippen LogP contribution < -0.4 is 5.73 Å². The summed E-state index contributed by atoms with van der Waals surface area (Å²) in [4.78, 5) is 11.6. The van der Waals surface area contributed by atoms with E-state index >= 15 is 0 Å². The standard InChI is InChI=1S/C10H10BrCl2NO2/c1-2-3-16-10(15)5-4-6(11)7(12)8(13)9(5)14/h4H,2-3,14H2,1H3. The van der Waals surface area contributed by atoms with Crippen molar-refractivity contribution in [1.29, 1.82) is 0 Å². The number of benzene rings is 1. The van der Waals surface area contributed by atoms with Crippen molar-refractivity contribution < 1.29 is 9.53 Å². The molecule has 0 radical (unpaired) electrons. The molecule has 0 fully saturated rings. The van der Waals surface area contributed by atoms with Gasteiger partial charge in [0.2, 0.25) is 0 Å². The van der Waals surface area contributed by atoms with Crippen LogP contribution in [-0.4, -0.2) is 12.6 Å². The maximum absolute atomic E-state index is 11.6. The summed E-state index contributed by atoms with van der Waals surface area (Å²) in [6, 6.07) is 1.50. The fourth-order valence-corrected chi connectivity index (χ4v) is 1.95. The second-order valence-corrected chi connectivity index (χ2v) is 4.69. The van der Waals surface area contributed by atoms with Crippen LogP contribution in [0, 0.1) is 0 Å². The van der Waals surface area contributed by atoms with Gasteiger partial charge in [0.1, 0.15) is 0 Å². The fraction of sp³-hybridized carbons (Fsp3) is 0.300. The predicted molar refractivity (Wildman–Crippen MR) is 69.1 cm³/mol. The van der Waals surface area contributed by atoms with Gasteiger partial charge >= 0.3 is 5.97 Å². The van der Waals surface area contributed by atoms with Crippen LogP contribution in [0.2, 0.25) is 10.0 Å². The zero-order valence-corrected chi connectivity index (χ0v) is 11.6. The number of anilines is 1. The monoisotopic (exact) mass is 325 g/mol. The van der Waals surface area contributed by atoms with E-state index in [1.54, 1.807) is 0 Å². The number of carbonyl (C=O) groups is 1. The Balaban J connectivity index is 3.10. The summed E-state index contributed by atoms with van der Waals surface area (Å²) in [7, 11) is 0. The highest BCUT2D eigenvalue weighted by Gasteiger charge is 2.18. The van der Waals surface area contributed by atoms with Crippen LogP contribution >= 0.6 is 39.1 Å². The molecule has 0 bridgehead atoms. The molecule has 1 aromatic rings. The van der Waals surface area contributed by atoms with Gasteiger partial charge in [-0.3, -0.25) is 0 Å². The molecule has 1 aromatic carbocycles. The zero-order chi connectivity index (χ0) is 12.3. The normalized spacial score (nSPS) is 10.2. The topological polar surface area (TPSA) is 52.3 Å². The first kappa shape index (κ1) is 13.6. The van der Waals surface area contributed by atoms with Gasteiger partial charge in [0.05, 0.1) is 27.9 Å². The van der Waals surface area contributed by atoms with Gasteiger partial charge in [-0.05, 0) is 28.4 Å². The average molecular weight is 327 g/mol.